The molecule has 2 aromatic carbocycles. The number of nitrogens with one attached hydrogen (secondary N) is 1. The number of carbonyl (C=O) groups excluding carboxylic acids is 2. The molecule has 3 rings (SSSR count). The maximum absolute atomic E-state index is 13.3. The highest BCUT2D eigenvalue weighted by Gasteiger charge is 2.34. The summed E-state index contributed by atoms with van der Waals surface area (Å²) in [5, 5.41) is 2.90. The molecule has 1 heterocycles. The van der Waals surface area contributed by atoms with Gasteiger partial charge in [-0.3, -0.25) is 9.59 Å². The minimum Gasteiger partial charge on any atom is -0.496 e. The van der Waals surface area contributed by atoms with Crippen LogP contribution in [-0.2, 0) is 11.2 Å². The third-order valence-corrected chi connectivity index (χ3v) is 5.03. The van der Waals surface area contributed by atoms with Gasteiger partial charge in [-0.25, -0.2) is 0 Å². The van der Waals surface area contributed by atoms with Gasteiger partial charge in [0.25, 0.3) is 5.91 Å². The Morgan fingerprint density at radius 3 is 2.25 bits per heavy atom. The molecule has 0 saturated carbocycles. The van der Waals surface area contributed by atoms with Gasteiger partial charge >= 0.3 is 0 Å². The first-order valence-electron chi connectivity index (χ1n) is 9.39. The molecule has 0 spiro atoms. The molecule has 0 fully saturated rings. The minimum absolute atomic E-state index is 0.0788. The van der Waals surface area contributed by atoms with Crippen LogP contribution in [0.4, 0.5) is 5.69 Å². The Labute approximate surface area is 165 Å². The third kappa shape index (κ3) is 3.67. The molecule has 6 nitrogen and oxygen atoms in total. The molecule has 0 saturated heterocycles. The number of benzene rings is 2. The molecule has 0 aromatic heterocycles. The van der Waals surface area contributed by atoms with E-state index in [2.05, 4.69) is 5.32 Å². The Morgan fingerprint density at radius 1 is 1.00 bits per heavy atom. The van der Waals surface area contributed by atoms with Crippen molar-refractivity contribution >= 4 is 17.5 Å². The second-order valence-electron chi connectivity index (χ2n) is 7.10. The fraction of sp³-hybridized carbons (Fsp3) is 0.364. The number of rotatable bonds is 6. The number of methoxy groups -OCH3 is 2. The molecule has 0 aliphatic carbocycles. The largest absolute Gasteiger partial charge is 0.496 e. The van der Waals surface area contributed by atoms with Crippen LogP contribution in [0.5, 0.6) is 11.5 Å². The fourth-order valence-corrected chi connectivity index (χ4v) is 3.54. The van der Waals surface area contributed by atoms with E-state index in [1.807, 2.05) is 38.1 Å². The Hall–Kier alpha value is -3.02. The first-order valence-corrected chi connectivity index (χ1v) is 9.39. The van der Waals surface area contributed by atoms with Gasteiger partial charge in [-0.1, -0.05) is 38.1 Å². The molecular formula is C22H26N2O4. The molecule has 0 bridgehead atoms. The van der Waals surface area contributed by atoms with Crippen molar-refractivity contribution in [2.45, 2.75) is 26.3 Å². The molecule has 28 heavy (non-hydrogen) atoms. The number of hydrogen-bond acceptors (Lipinski definition) is 4. The van der Waals surface area contributed by atoms with Crippen molar-refractivity contribution in [3.8, 4) is 11.5 Å². The zero-order chi connectivity index (χ0) is 20.3. The molecule has 1 atom stereocenters. The predicted molar refractivity (Wildman–Crippen MR) is 108 cm³/mol. The van der Waals surface area contributed by atoms with Gasteiger partial charge < -0.3 is 19.7 Å². The molecule has 6 heteroatoms. The highest BCUT2D eigenvalue weighted by molar-refractivity contribution is 6.05. The molecular weight excluding hydrogens is 356 g/mol. The number of amides is 2. The molecule has 1 aliphatic rings. The molecule has 2 amide bonds. The Bertz CT molecular complexity index is 856. The van der Waals surface area contributed by atoms with E-state index in [0.717, 1.165) is 17.7 Å². The van der Waals surface area contributed by atoms with Crippen molar-refractivity contribution in [3.63, 3.8) is 0 Å². The summed E-state index contributed by atoms with van der Waals surface area (Å²) in [6.07, 6.45) is 0.820. The van der Waals surface area contributed by atoms with Gasteiger partial charge in [0, 0.05) is 12.2 Å². The monoisotopic (exact) mass is 382 g/mol. The quantitative estimate of drug-likeness (QED) is 0.834. The maximum atomic E-state index is 13.3. The van der Waals surface area contributed by atoms with Crippen LogP contribution < -0.4 is 19.7 Å². The first-order chi connectivity index (χ1) is 13.5. The smallest absolute Gasteiger partial charge is 0.259 e. The number of hydrogen-bond donors (Lipinski definition) is 1. The van der Waals surface area contributed by atoms with Crippen molar-refractivity contribution in [3.05, 3.63) is 53.6 Å². The van der Waals surface area contributed by atoms with Gasteiger partial charge in [0.1, 0.15) is 23.1 Å². The molecule has 1 aliphatic heterocycles. The molecule has 148 valence electrons. The van der Waals surface area contributed by atoms with Crippen LogP contribution in [-0.4, -0.2) is 38.6 Å². The second kappa shape index (κ2) is 8.33. The van der Waals surface area contributed by atoms with E-state index in [-0.39, 0.29) is 17.4 Å². The lowest BCUT2D eigenvalue weighted by molar-refractivity contribution is -0.121. The lowest BCUT2D eigenvalue weighted by Crippen LogP contribution is -2.51. The lowest BCUT2D eigenvalue weighted by Gasteiger charge is -2.27. The van der Waals surface area contributed by atoms with E-state index in [9.17, 15) is 9.59 Å². The maximum Gasteiger partial charge on any atom is 0.259 e. The second-order valence-corrected chi connectivity index (χ2v) is 7.10. The van der Waals surface area contributed by atoms with E-state index in [1.54, 1.807) is 23.1 Å². The first kappa shape index (κ1) is 19.7. The van der Waals surface area contributed by atoms with E-state index in [1.165, 1.54) is 14.2 Å². The number of nitrogens with zero attached hydrogens (tertiary/aromatic N) is 1. The van der Waals surface area contributed by atoms with Crippen LogP contribution in [0.15, 0.2) is 42.5 Å². The average molecular weight is 382 g/mol. The van der Waals surface area contributed by atoms with Crippen molar-refractivity contribution in [2.75, 3.05) is 25.7 Å². The van der Waals surface area contributed by atoms with Gasteiger partial charge in [-0.15, -0.1) is 0 Å². The van der Waals surface area contributed by atoms with Crippen LogP contribution >= 0.6 is 0 Å². The summed E-state index contributed by atoms with van der Waals surface area (Å²) in [7, 11) is 3.00. The Balaban J connectivity index is 1.87. The molecule has 0 unspecified atom stereocenters. The van der Waals surface area contributed by atoms with Crippen molar-refractivity contribution in [1.82, 2.24) is 5.32 Å². The number of ether oxygens (including phenoxy) is 2. The van der Waals surface area contributed by atoms with E-state index in [4.69, 9.17) is 9.47 Å². The van der Waals surface area contributed by atoms with Crippen molar-refractivity contribution < 1.29 is 19.1 Å². The highest BCUT2D eigenvalue weighted by Crippen LogP contribution is 2.30. The van der Waals surface area contributed by atoms with Gasteiger partial charge in [-0.2, -0.15) is 0 Å². The summed E-state index contributed by atoms with van der Waals surface area (Å²) >= 11 is 0. The van der Waals surface area contributed by atoms with Gasteiger partial charge in [0.2, 0.25) is 5.91 Å². The van der Waals surface area contributed by atoms with Crippen LogP contribution in [0, 0.1) is 5.92 Å². The predicted octanol–water partition coefficient (Wildman–Crippen LogP) is 3.05. The lowest BCUT2D eigenvalue weighted by atomic mass is 10.0. The van der Waals surface area contributed by atoms with Gasteiger partial charge in [0.05, 0.1) is 14.2 Å². The third-order valence-electron chi connectivity index (χ3n) is 5.03. The summed E-state index contributed by atoms with van der Waals surface area (Å²) in [6, 6.07) is 12.4. The van der Waals surface area contributed by atoms with Crippen LogP contribution in [0.3, 0.4) is 0 Å². The van der Waals surface area contributed by atoms with E-state index < -0.39 is 11.9 Å². The van der Waals surface area contributed by atoms with E-state index >= 15 is 0 Å². The molecule has 0 radical (unpaired) electrons. The Kier molecular flexibility index (Phi) is 5.87. The van der Waals surface area contributed by atoms with Crippen molar-refractivity contribution in [2.24, 2.45) is 5.92 Å². The van der Waals surface area contributed by atoms with Gasteiger partial charge in [0.15, 0.2) is 0 Å². The SMILES string of the molecule is COc1cccc(OC)c1C(=O)N[C@@H](C(=O)N1CCc2ccccc21)C(C)C. The molecule has 1 N–H and O–H groups in total. The normalized spacial score (nSPS) is 13.8. The van der Waals surface area contributed by atoms with Crippen LogP contribution in [0.25, 0.3) is 0 Å². The topological polar surface area (TPSA) is 67.9 Å². The minimum atomic E-state index is -0.659. The van der Waals surface area contributed by atoms with Crippen molar-refractivity contribution in [1.29, 1.82) is 0 Å². The average Bonchev–Trinajstić information content (AvgIpc) is 3.14. The van der Waals surface area contributed by atoms with Crippen LogP contribution in [0.2, 0.25) is 0 Å². The zero-order valence-corrected chi connectivity index (χ0v) is 16.7. The highest BCUT2D eigenvalue weighted by atomic mass is 16.5. The number of carbonyl (C=O) groups is 2. The Morgan fingerprint density at radius 2 is 1.64 bits per heavy atom. The summed E-state index contributed by atoms with van der Waals surface area (Å²) < 4.78 is 10.6. The summed E-state index contributed by atoms with van der Waals surface area (Å²) in [4.78, 5) is 28.1. The van der Waals surface area contributed by atoms with Crippen LogP contribution in [0.1, 0.15) is 29.8 Å². The summed E-state index contributed by atoms with van der Waals surface area (Å²) in [5.41, 5.74) is 2.35. The summed E-state index contributed by atoms with van der Waals surface area (Å²) in [5.74, 6) is 0.220. The molecule has 2 aromatic rings. The van der Waals surface area contributed by atoms with E-state index in [0.29, 0.717) is 18.0 Å². The number of fused-ring (bicyclic) bond motifs is 1. The van der Waals surface area contributed by atoms with Gasteiger partial charge in [-0.05, 0) is 36.1 Å². The summed E-state index contributed by atoms with van der Waals surface area (Å²) in [6.45, 7) is 4.46. The standard InChI is InChI=1S/C22H26N2O4/c1-14(2)20(22(26)24-13-12-15-8-5-6-9-16(15)24)23-21(25)19-17(27-3)10-7-11-18(19)28-4/h5-11,14,20H,12-13H2,1-4H3,(H,23,25)/t20-/m1/s1. The fourth-order valence-electron chi connectivity index (χ4n) is 3.54. The zero-order valence-electron chi connectivity index (χ0n) is 16.7. The number of para-hydroxylation sites is 1. The number of anilines is 1.